The standard InChI is InChI=1S/C34H34BrCl2N3O4S/c1-2-3-17-38-34(42)32(19-25-11-6-4-7-12-25)39(23-26-13-10-14-27(35)18-26)33(41)24-40(30-21-28(36)20-29(37)22-30)45(43,44)31-15-8-5-9-16-31/h4-16,18,20-22,32H,2-3,17,19,23-24H2,1H3,(H,38,42)/t32-/m1/s1. The molecule has 0 fully saturated rings. The smallest absolute Gasteiger partial charge is 0.264 e. The van der Waals surface area contributed by atoms with E-state index in [1.807, 2.05) is 61.5 Å². The summed E-state index contributed by atoms with van der Waals surface area (Å²) < 4.78 is 29.9. The molecule has 0 spiro atoms. The summed E-state index contributed by atoms with van der Waals surface area (Å²) in [6.07, 6.45) is 1.90. The summed E-state index contributed by atoms with van der Waals surface area (Å²) in [6, 6.07) is 28.1. The maximum Gasteiger partial charge on any atom is 0.264 e. The summed E-state index contributed by atoms with van der Waals surface area (Å²) in [5.74, 6) is -0.893. The van der Waals surface area contributed by atoms with Crippen LogP contribution in [0, 0.1) is 0 Å². The lowest BCUT2D eigenvalue weighted by Crippen LogP contribution is -2.53. The van der Waals surface area contributed by atoms with Crippen molar-refractivity contribution >= 4 is 66.7 Å². The maximum atomic E-state index is 14.5. The molecule has 45 heavy (non-hydrogen) atoms. The van der Waals surface area contributed by atoms with Gasteiger partial charge in [-0.05, 0) is 60.0 Å². The number of carbonyl (C=O) groups excluding carboxylic acids is 2. The molecule has 0 aromatic heterocycles. The maximum absolute atomic E-state index is 14.5. The third kappa shape index (κ3) is 9.56. The van der Waals surface area contributed by atoms with E-state index in [1.54, 1.807) is 18.2 Å². The Labute approximate surface area is 283 Å². The minimum Gasteiger partial charge on any atom is -0.354 e. The Morgan fingerprint density at radius 1 is 0.844 bits per heavy atom. The SMILES string of the molecule is CCCCNC(=O)[C@@H](Cc1ccccc1)N(Cc1cccc(Br)c1)C(=O)CN(c1cc(Cl)cc(Cl)c1)S(=O)(=O)c1ccccc1. The molecule has 0 radical (unpaired) electrons. The number of nitrogens with one attached hydrogen (secondary N) is 1. The average Bonchev–Trinajstić information content (AvgIpc) is 3.02. The van der Waals surface area contributed by atoms with Gasteiger partial charge in [0.1, 0.15) is 12.6 Å². The number of carbonyl (C=O) groups is 2. The number of anilines is 1. The van der Waals surface area contributed by atoms with Crippen molar-refractivity contribution in [2.75, 3.05) is 17.4 Å². The second-order valence-corrected chi connectivity index (χ2v) is 14.1. The summed E-state index contributed by atoms with van der Waals surface area (Å²) in [5.41, 5.74) is 1.75. The molecular weight excluding hydrogens is 697 g/mol. The van der Waals surface area contributed by atoms with Crippen molar-refractivity contribution in [2.24, 2.45) is 0 Å². The number of nitrogens with zero attached hydrogens (tertiary/aromatic N) is 2. The molecule has 236 valence electrons. The molecule has 0 heterocycles. The summed E-state index contributed by atoms with van der Waals surface area (Å²) in [4.78, 5) is 29.7. The van der Waals surface area contributed by atoms with E-state index in [0.29, 0.717) is 6.54 Å². The third-order valence-electron chi connectivity index (χ3n) is 7.09. The van der Waals surface area contributed by atoms with Gasteiger partial charge >= 0.3 is 0 Å². The van der Waals surface area contributed by atoms with Gasteiger partial charge in [-0.3, -0.25) is 13.9 Å². The van der Waals surface area contributed by atoms with E-state index < -0.39 is 28.5 Å². The van der Waals surface area contributed by atoms with E-state index in [9.17, 15) is 18.0 Å². The van der Waals surface area contributed by atoms with Gasteiger partial charge in [0.2, 0.25) is 11.8 Å². The monoisotopic (exact) mass is 729 g/mol. The molecule has 0 aliphatic carbocycles. The van der Waals surface area contributed by atoms with E-state index in [4.69, 9.17) is 23.2 Å². The summed E-state index contributed by atoms with van der Waals surface area (Å²) in [5, 5.41) is 3.40. The fraction of sp³-hybridized carbons (Fsp3) is 0.235. The van der Waals surface area contributed by atoms with Gasteiger partial charge in [0.15, 0.2) is 0 Å². The Hall–Kier alpha value is -3.37. The summed E-state index contributed by atoms with van der Waals surface area (Å²) >= 11 is 16.1. The van der Waals surface area contributed by atoms with Gasteiger partial charge in [0.25, 0.3) is 10.0 Å². The van der Waals surface area contributed by atoms with Gasteiger partial charge < -0.3 is 10.2 Å². The number of unbranched alkanes of at least 4 members (excludes halogenated alkanes) is 1. The first-order valence-corrected chi connectivity index (χ1v) is 17.5. The lowest BCUT2D eigenvalue weighted by atomic mass is 10.0. The van der Waals surface area contributed by atoms with Crippen LogP contribution in [0.15, 0.2) is 112 Å². The summed E-state index contributed by atoms with van der Waals surface area (Å²) in [6.45, 7) is 1.94. The van der Waals surface area contributed by atoms with Crippen LogP contribution in [0.1, 0.15) is 30.9 Å². The highest BCUT2D eigenvalue weighted by molar-refractivity contribution is 9.10. The molecule has 4 aromatic rings. The third-order valence-corrected chi connectivity index (χ3v) is 9.81. The van der Waals surface area contributed by atoms with Crippen LogP contribution >= 0.6 is 39.1 Å². The Morgan fingerprint density at radius 2 is 1.47 bits per heavy atom. The Kier molecular flexibility index (Phi) is 12.5. The Balaban J connectivity index is 1.81. The topological polar surface area (TPSA) is 86.8 Å². The van der Waals surface area contributed by atoms with Crippen molar-refractivity contribution in [1.29, 1.82) is 0 Å². The van der Waals surface area contributed by atoms with E-state index in [2.05, 4.69) is 21.2 Å². The van der Waals surface area contributed by atoms with Crippen LogP contribution in [0.2, 0.25) is 10.0 Å². The molecule has 0 aliphatic heterocycles. The minimum atomic E-state index is -4.26. The van der Waals surface area contributed by atoms with Crippen LogP contribution in [-0.2, 0) is 32.6 Å². The first kappa shape index (κ1) is 34.5. The van der Waals surface area contributed by atoms with Crippen molar-refractivity contribution in [3.63, 3.8) is 0 Å². The molecule has 7 nitrogen and oxygen atoms in total. The number of sulfonamides is 1. The first-order chi connectivity index (χ1) is 21.6. The first-order valence-electron chi connectivity index (χ1n) is 14.5. The second-order valence-electron chi connectivity index (χ2n) is 10.5. The van der Waals surface area contributed by atoms with Crippen molar-refractivity contribution in [3.05, 3.63) is 129 Å². The highest BCUT2D eigenvalue weighted by atomic mass is 79.9. The van der Waals surface area contributed by atoms with Crippen molar-refractivity contribution in [3.8, 4) is 0 Å². The molecule has 1 N–H and O–H groups in total. The second kappa shape index (κ2) is 16.3. The van der Waals surface area contributed by atoms with Gasteiger partial charge in [0.05, 0.1) is 10.6 Å². The molecule has 0 bridgehead atoms. The number of amides is 2. The Bertz CT molecular complexity index is 1690. The fourth-order valence-electron chi connectivity index (χ4n) is 4.82. The largest absolute Gasteiger partial charge is 0.354 e. The van der Waals surface area contributed by atoms with Crippen LogP contribution in [0.5, 0.6) is 0 Å². The molecule has 4 aromatic carbocycles. The lowest BCUT2D eigenvalue weighted by Gasteiger charge is -2.34. The molecule has 11 heteroatoms. The van der Waals surface area contributed by atoms with E-state index in [1.165, 1.54) is 35.2 Å². The number of halogens is 3. The quantitative estimate of drug-likeness (QED) is 0.136. The van der Waals surface area contributed by atoms with Crippen LogP contribution in [0.3, 0.4) is 0 Å². The van der Waals surface area contributed by atoms with Crippen molar-refractivity contribution in [1.82, 2.24) is 10.2 Å². The van der Waals surface area contributed by atoms with Gasteiger partial charge in [0, 0.05) is 34.0 Å². The van der Waals surface area contributed by atoms with Crippen LogP contribution in [0.4, 0.5) is 5.69 Å². The molecule has 1 atom stereocenters. The van der Waals surface area contributed by atoms with Crippen LogP contribution in [0.25, 0.3) is 0 Å². The number of hydrogen-bond acceptors (Lipinski definition) is 4. The van der Waals surface area contributed by atoms with E-state index in [-0.39, 0.29) is 39.5 Å². The number of benzene rings is 4. The fourth-order valence-corrected chi connectivity index (χ4v) is 7.20. The van der Waals surface area contributed by atoms with Gasteiger partial charge in [-0.1, -0.05) is 113 Å². The highest BCUT2D eigenvalue weighted by Crippen LogP contribution is 2.30. The molecule has 0 saturated carbocycles. The molecule has 4 rings (SSSR count). The summed E-state index contributed by atoms with van der Waals surface area (Å²) in [7, 11) is -4.26. The normalized spacial score (nSPS) is 11.9. The zero-order valence-electron chi connectivity index (χ0n) is 24.7. The van der Waals surface area contributed by atoms with Crippen molar-refractivity contribution in [2.45, 2.75) is 43.7 Å². The van der Waals surface area contributed by atoms with Crippen LogP contribution < -0.4 is 9.62 Å². The molecular formula is C34H34BrCl2N3O4S. The van der Waals surface area contributed by atoms with Gasteiger partial charge in [-0.25, -0.2) is 8.42 Å². The number of rotatable bonds is 14. The van der Waals surface area contributed by atoms with E-state index >= 15 is 0 Å². The van der Waals surface area contributed by atoms with Crippen molar-refractivity contribution < 1.29 is 18.0 Å². The molecule has 0 aliphatic rings. The predicted molar refractivity (Wildman–Crippen MR) is 184 cm³/mol. The molecule has 2 amide bonds. The highest BCUT2D eigenvalue weighted by Gasteiger charge is 2.34. The lowest BCUT2D eigenvalue weighted by molar-refractivity contribution is -0.140. The molecule has 0 unspecified atom stereocenters. The Morgan fingerprint density at radius 3 is 2.09 bits per heavy atom. The predicted octanol–water partition coefficient (Wildman–Crippen LogP) is 7.51. The molecule has 0 saturated heterocycles. The van der Waals surface area contributed by atoms with Gasteiger partial charge in [-0.2, -0.15) is 0 Å². The number of hydrogen-bond donors (Lipinski definition) is 1. The van der Waals surface area contributed by atoms with Crippen LogP contribution in [-0.4, -0.2) is 44.3 Å². The van der Waals surface area contributed by atoms with Gasteiger partial charge in [-0.15, -0.1) is 0 Å². The zero-order chi connectivity index (χ0) is 32.4. The minimum absolute atomic E-state index is 0.00872. The average molecular weight is 732 g/mol. The van der Waals surface area contributed by atoms with E-state index in [0.717, 1.165) is 32.7 Å². The zero-order valence-corrected chi connectivity index (χ0v) is 28.6.